The van der Waals surface area contributed by atoms with Gasteiger partial charge in [-0.3, -0.25) is 0 Å². The van der Waals surface area contributed by atoms with Gasteiger partial charge >= 0.3 is 0 Å². The maximum Gasteiger partial charge on any atom is 0.0516 e. The fourth-order valence-corrected chi connectivity index (χ4v) is 2.41. The zero-order valence-corrected chi connectivity index (χ0v) is 13.1. The van der Waals surface area contributed by atoms with Crippen LogP contribution in [-0.4, -0.2) is 18.3 Å². The van der Waals surface area contributed by atoms with Crippen molar-refractivity contribution in [3.05, 3.63) is 60.2 Å². The van der Waals surface area contributed by atoms with Gasteiger partial charge in [0.2, 0.25) is 0 Å². The third-order valence-corrected chi connectivity index (χ3v) is 3.81. The van der Waals surface area contributed by atoms with Gasteiger partial charge in [0.25, 0.3) is 0 Å². The lowest BCUT2D eigenvalue weighted by molar-refractivity contribution is 0.199. The zero-order valence-electron chi connectivity index (χ0n) is 13.1. The Morgan fingerprint density at radius 2 is 1.86 bits per heavy atom. The maximum atomic E-state index is 9.23. The number of benzene rings is 2. The minimum atomic E-state index is -0.148. The summed E-state index contributed by atoms with van der Waals surface area (Å²) in [5.41, 5.74) is 1.17. The Morgan fingerprint density at radius 3 is 2.62 bits per heavy atom. The average Bonchev–Trinajstić information content (AvgIpc) is 2.51. The molecule has 112 valence electrons. The summed E-state index contributed by atoms with van der Waals surface area (Å²) in [6.45, 7) is 7.21. The highest BCUT2D eigenvalue weighted by Gasteiger charge is 2.11. The first-order chi connectivity index (χ1) is 10.0. The highest BCUT2D eigenvalue weighted by atomic mass is 16.3. The van der Waals surface area contributed by atoms with Gasteiger partial charge in [0.05, 0.1) is 6.61 Å². The van der Waals surface area contributed by atoms with Crippen LogP contribution in [0.15, 0.2) is 54.6 Å². The fraction of sp³-hybridized carbons (Fsp3) is 0.368. The molecule has 1 atom stereocenters. The average molecular weight is 283 g/mol. The molecule has 2 aromatic rings. The van der Waals surface area contributed by atoms with E-state index in [-0.39, 0.29) is 18.1 Å². The third-order valence-electron chi connectivity index (χ3n) is 3.81. The molecule has 0 saturated carbocycles. The van der Waals surface area contributed by atoms with E-state index in [1.54, 1.807) is 0 Å². The molecule has 2 rings (SSSR count). The van der Waals surface area contributed by atoms with Crippen LogP contribution in [0.25, 0.3) is 10.8 Å². The molecule has 0 unspecified atom stereocenters. The van der Waals surface area contributed by atoms with Crippen LogP contribution in [0.1, 0.15) is 32.4 Å². The van der Waals surface area contributed by atoms with Crippen LogP contribution in [0.4, 0.5) is 0 Å². The summed E-state index contributed by atoms with van der Waals surface area (Å²) < 4.78 is 0. The largest absolute Gasteiger partial charge is 0.395 e. The van der Waals surface area contributed by atoms with Gasteiger partial charge in [0.1, 0.15) is 0 Å². The van der Waals surface area contributed by atoms with Gasteiger partial charge < -0.3 is 10.4 Å². The van der Waals surface area contributed by atoms with Crippen LogP contribution in [-0.2, 0) is 0 Å². The Labute approximate surface area is 127 Å². The van der Waals surface area contributed by atoms with E-state index in [1.807, 2.05) is 13.8 Å². The number of hydrogen-bond acceptors (Lipinski definition) is 2. The first kappa shape index (κ1) is 15.7. The minimum absolute atomic E-state index is 0.148. The molecule has 2 nitrogen and oxygen atoms in total. The number of rotatable bonds is 6. The van der Waals surface area contributed by atoms with Gasteiger partial charge in [-0.05, 0) is 23.3 Å². The number of nitrogens with one attached hydrogen (secondary N) is 1. The molecule has 0 fully saturated rings. The Morgan fingerprint density at radius 1 is 1.14 bits per heavy atom. The summed E-state index contributed by atoms with van der Waals surface area (Å²) in [5, 5.41) is 15.3. The van der Waals surface area contributed by atoms with Gasteiger partial charge in [-0.2, -0.15) is 0 Å². The van der Waals surface area contributed by atoms with Crippen LogP contribution in [0.2, 0.25) is 0 Å². The molecular formula is C19H25NO. The Balaban J connectivity index is 2.04. The van der Waals surface area contributed by atoms with Crippen molar-refractivity contribution >= 4 is 10.8 Å². The zero-order chi connectivity index (χ0) is 15.3. The van der Waals surface area contributed by atoms with E-state index >= 15 is 0 Å². The van der Waals surface area contributed by atoms with Gasteiger partial charge in [-0.15, -0.1) is 0 Å². The molecular weight excluding hydrogens is 258 g/mol. The van der Waals surface area contributed by atoms with Crippen molar-refractivity contribution in [3.8, 4) is 0 Å². The predicted molar refractivity (Wildman–Crippen MR) is 90.4 cm³/mol. The standard InChI is InChI=1S/C19H25NO/c1-15(20-13-7-12-19(2,3)14-21)17-11-6-9-16-8-4-5-10-18(16)17/h4-12,15,20-21H,13-14H2,1-3H3/b12-7+/t15-/m1/s1. The Kier molecular flexibility index (Phi) is 5.16. The molecule has 0 saturated heterocycles. The van der Waals surface area contributed by atoms with Crippen LogP contribution in [0.5, 0.6) is 0 Å². The SMILES string of the molecule is C[C@@H](NC/C=C/C(C)(C)CO)c1cccc2ccccc12. The molecule has 0 aliphatic carbocycles. The third kappa shape index (κ3) is 4.16. The van der Waals surface area contributed by atoms with E-state index in [0.717, 1.165) is 6.54 Å². The quantitative estimate of drug-likeness (QED) is 0.783. The second-order valence-corrected chi connectivity index (χ2v) is 6.25. The van der Waals surface area contributed by atoms with Crippen LogP contribution in [0, 0.1) is 5.41 Å². The van der Waals surface area contributed by atoms with E-state index in [1.165, 1.54) is 16.3 Å². The number of hydrogen-bond donors (Lipinski definition) is 2. The van der Waals surface area contributed by atoms with Crippen molar-refractivity contribution < 1.29 is 5.11 Å². The molecule has 0 aliphatic rings. The Bertz CT molecular complexity index is 610. The van der Waals surface area contributed by atoms with Crippen molar-refractivity contribution in [1.82, 2.24) is 5.32 Å². The van der Waals surface area contributed by atoms with Gasteiger partial charge in [-0.25, -0.2) is 0 Å². The summed E-state index contributed by atoms with van der Waals surface area (Å²) in [4.78, 5) is 0. The number of aliphatic hydroxyl groups is 1. The van der Waals surface area contributed by atoms with E-state index in [4.69, 9.17) is 0 Å². The second-order valence-electron chi connectivity index (χ2n) is 6.25. The predicted octanol–water partition coefficient (Wildman–Crippen LogP) is 4.07. The van der Waals surface area contributed by atoms with Crippen molar-refractivity contribution in [1.29, 1.82) is 0 Å². The lowest BCUT2D eigenvalue weighted by Gasteiger charge is -2.17. The monoisotopic (exact) mass is 283 g/mol. The summed E-state index contributed by atoms with van der Waals surface area (Å²) in [6, 6.07) is 15.2. The molecule has 0 amide bonds. The van der Waals surface area contributed by atoms with Gasteiger partial charge in [0, 0.05) is 18.0 Å². The van der Waals surface area contributed by atoms with E-state index < -0.39 is 0 Å². The van der Waals surface area contributed by atoms with Crippen molar-refractivity contribution in [2.45, 2.75) is 26.8 Å². The normalized spacial score (nSPS) is 13.9. The minimum Gasteiger partial charge on any atom is -0.395 e. The smallest absolute Gasteiger partial charge is 0.0516 e. The summed E-state index contributed by atoms with van der Waals surface area (Å²) >= 11 is 0. The van der Waals surface area contributed by atoms with Crippen LogP contribution < -0.4 is 5.32 Å². The van der Waals surface area contributed by atoms with Crippen molar-refractivity contribution in [3.63, 3.8) is 0 Å². The molecule has 2 aromatic carbocycles. The Hall–Kier alpha value is -1.64. The molecule has 2 heteroatoms. The lowest BCUT2D eigenvalue weighted by atomic mass is 9.94. The molecule has 0 radical (unpaired) electrons. The van der Waals surface area contributed by atoms with Gasteiger partial charge in [0.15, 0.2) is 0 Å². The molecule has 0 aromatic heterocycles. The lowest BCUT2D eigenvalue weighted by Crippen LogP contribution is -2.20. The summed E-state index contributed by atoms with van der Waals surface area (Å²) in [5.74, 6) is 0. The molecule has 0 heterocycles. The highest BCUT2D eigenvalue weighted by Crippen LogP contribution is 2.24. The van der Waals surface area contributed by atoms with Crippen LogP contribution in [0.3, 0.4) is 0 Å². The maximum absolute atomic E-state index is 9.23. The first-order valence-corrected chi connectivity index (χ1v) is 7.53. The molecule has 0 spiro atoms. The van der Waals surface area contributed by atoms with E-state index in [9.17, 15) is 5.11 Å². The highest BCUT2D eigenvalue weighted by molar-refractivity contribution is 5.86. The van der Waals surface area contributed by atoms with E-state index in [0.29, 0.717) is 0 Å². The molecule has 0 aliphatic heterocycles. The van der Waals surface area contributed by atoms with Crippen LogP contribution >= 0.6 is 0 Å². The van der Waals surface area contributed by atoms with Crippen molar-refractivity contribution in [2.24, 2.45) is 5.41 Å². The molecule has 0 bridgehead atoms. The number of fused-ring (bicyclic) bond motifs is 1. The topological polar surface area (TPSA) is 32.3 Å². The number of aliphatic hydroxyl groups excluding tert-OH is 1. The first-order valence-electron chi connectivity index (χ1n) is 7.53. The van der Waals surface area contributed by atoms with Crippen molar-refractivity contribution in [2.75, 3.05) is 13.2 Å². The molecule has 2 N–H and O–H groups in total. The van der Waals surface area contributed by atoms with Gasteiger partial charge in [-0.1, -0.05) is 68.5 Å². The fourth-order valence-electron chi connectivity index (χ4n) is 2.41. The molecule has 21 heavy (non-hydrogen) atoms. The summed E-state index contributed by atoms with van der Waals surface area (Å²) in [7, 11) is 0. The van der Waals surface area contributed by atoms with E-state index in [2.05, 4.69) is 66.9 Å². The second kappa shape index (κ2) is 6.88. The summed E-state index contributed by atoms with van der Waals surface area (Å²) in [6.07, 6.45) is 4.16.